The van der Waals surface area contributed by atoms with Crippen molar-refractivity contribution < 1.29 is 65.4 Å². The quantitative estimate of drug-likeness (QED) is 0.0344. The summed E-state index contributed by atoms with van der Waals surface area (Å²) in [6, 6.07) is 0. The van der Waals surface area contributed by atoms with E-state index in [-0.39, 0.29) is 44.9 Å². The molecule has 0 rings (SSSR count). The molecule has 0 aliphatic heterocycles. The lowest BCUT2D eigenvalue weighted by atomic mass is 10.0. The van der Waals surface area contributed by atoms with Crippen LogP contribution in [0.5, 0.6) is 0 Å². The molecule has 0 saturated carbocycles. The molecule has 0 spiro atoms. The summed E-state index contributed by atoms with van der Waals surface area (Å²) in [5, 5.41) is 101. The van der Waals surface area contributed by atoms with Crippen molar-refractivity contribution in [3.63, 3.8) is 0 Å². The van der Waals surface area contributed by atoms with Gasteiger partial charge in [-0.15, -0.1) is 0 Å². The summed E-state index contributed by atoms with van der Waals surface area (Å²) < 4.78 is 0. The van der Waals surface area contributed by atoms with Gasteiger partial charge < -0.3 is 66.6 Å². The van der Waals surface area contributed by atoms with Crippen LogP contribution in [0.15, 0.2) is 0 Å². The van der Waals surface area contributed by atoms with Gasteiger partial charge >= 0.3 is 0 Å². The third-order valence-electron chi connectivity index (χ3n) is 8.20. The summed E-state index contributed by atoms with van der Waals surface area (Å²) in [7, 11) is 0. The maximum atomic E-state index is 13.1. The molecule has 0 aliphatic rings. The minimum absolute atomic E-state index is 0.00762. The number of hydrogen-bond donors (Lipinski definition) is 12. The molecule has 0 aliphatic carbocycles. The van der Waals surface area contributed by atoms with Crippen molar-refractivity contribution in [1.29, 1.82) is 0 Å². The van der Waals surface area contributed by atoms with E-state index in [0.29, 0.717) is 12.8 Å². The second-order valence-corrected chi connectivity index (χ2v) is 12.3. The van der Waals surface area contributed by atoms with Gasteiger partial charge in [0, 0.05) is 32.6 Å². The van der Waals surface area contributed by atoms with Crippen LogP contribution in [0.3, 0.4) is 0 Å². The van der Waals surface area contributed by atoms with E-state index in [1.54, 1.807) is 4.90 Å². The van der Waals surface area contributed by atoms with Crippen LogP contribution < -0.4 is 10.6 Å². The Labute approximate surface area is 283 Å². The molecule has 0 aromatic carbocycles. The van der Waals surface area contributed by atoms with Gasteiger partial charge in [0.05, 0.1) is 13.2 Å². The Hall–Kier alpha value is -1.99. The van der Waals surface area contributed by atoms with E-state index in [4.69, 9.17) is 10.2 Å². The highest BCUT2D eigenvalue weighted by molar-refractivity contribution is 5.81. The monoisotopic (exact) mass is 697 g/mol. The van der Waals surface area contributed by atoms with Gasteiger partial charge in [0.25, 0.3) is 11.8 Å². The van der Waals surface area contributed by atoms with Crippen LogP contribution in [-0.2, 0) is 14.4 Å². The second-order valence-electron chi connectivity index (χ2n) is 12.3. The average Bonchev–Trinajstić information content (AvgIpc) is 3.09. The summed E-state index contributed by atoms with van der Waals surface area (Å²) in [5.74, 6) is -2.19. The molecule has 0 unspecified atom stereocenters. The Kier molecular flexibility index (Phi) is 26.6. The Balaban J connectivity index is 4.86. The van der Waals surface area contributed by atoms with Crippen molar-refractivity contribution >= 4 is 17.7 Å². The van der Waals surface area contributed by atoms with Crippen LogP contribution in [0.2, 0.25) is 0 Å². The highest BCUT2D eigenvalue weighted by Gasteiger charge is 2.35. The topological polar surface area (TPSA) is 281 Å². The first-order valence-corrected chi connectivity index (χ1v) is 17.3. The summed E-state index contributed by atoms with van der Waals surface area (Å²) in [4.78, 5) is 39.0. The fourth-order valence-electron chi connectivity index (χ4n) is 4.99. The van der Waals surface area contributed by atoms with Crippen LogP contribution in [0.4, 0.5) is 0 Å². The number of carbonyl (C=O) groups is 3. The normalized spacial score (nSPS) is 16.6. The number of amides is 3. The summed E-state index contributed by atoms with van der Waals surface area (Å²) in [6.07, 6.45) is -2.47. The van der Waals surface area contributed by atoms with E-state index in [2.05, 4.69) is 17.6 Å². The third-order valence-corrected chi connectivity index (χ3v) is 8.20. The number of nitrogens with one attached hydrogen (secondary N) is 2. The van der Waals surface area contributed by atoms with Gasteiger partial charge in [-0.2, -0.15) is 0 Å². The van der Waals surface area contributed by atoms with Gasteiger partial charge in [-0.25, -0.2) is 0 Å². The Morgan fingerprint density at radius 3 is 1.23 bits per heavy atom. The van der Waals surface area contributed by atoms with Crippen molar-refractivity contribution in [3.05, 3.63) is 0 Å². The van der Waals surface area contributed by atoms with Crippen LogP contribution in [-0.4, -0.2) is 162 Å². The molecule has 0 radical (unpaired) electrons. The maximum Gasteiger partial charge on any atom is 0.251 e. The van der Waals surface area contributed by atoms with Gasteiger partial charge in [0.15, 0.2) is 12.2 Å². The molecule has 0 aromatic heterocycles. The van der Waals surface area contributed by atoms with Crippen molar-refractivity contribution in [2.24, 2.45) is 0 Å². The van der Waals surface area contributed by atoms with E-state index >= 15 is 0 Å². The number of hydrogen-bond acceptors (Lipinski definition) is 13. The summed E-state index contributed by atoms with van der Waals surface area (Å²) in [6.45, 7) is 0.793. The molecule has 0 fully saturated rings. The predicted octanol–water partition coefficient (Wildman–Crippen LogP) is -2.60. The van der Waals surface area contributed by atoms with Crippen LogP contribution in [0.1, 0.15) is 96.8 Å². The highest BCUT2D eigenvalue weighted by Crippen LogP contribution is 2.13. The number of aliphatic hydroxyl groups is 10. The Bertz CT molecular complexity index is 808. The van der Waals surface area contributed by atoms with Crippen LogP contribution in [0, 0.1) is 0 Å². The highest BCUT2D eigenvalue weighted by atomic mass is 16.4. The van der Waals surface area contributed by atoms with E-state index in [1.807, 2.05) is 0 Å². The molecule has 0 aromatic rings. The zero-order valence-corrected chi connectivity index (χ0v) is 28.4. The Morgan fingerprint density at radius 1 is 0.521 bits per heavy atom. The number of aliphatic hydroxyl groups excluding tert-OH is 10. The number of nitrogens with zero attached hydrogens (tertiary/aromatic N) is 1. The molecule has 48 heavy (non-hydrogen) atoms. The molecular formula is C32H63N3O13. The minimum atomic E-state index is -2.08. The maximum absolute atomic E-state index is 13.1. The molecule has 16 nitrogen and oxygen atoms in total. The average molecular weight is 698 g/mol. The van der Waals surface area contributed by atoms with Gasteiger partial charge in [0.2, 0.25) is 5.91 Å². The molecule has 0 bridgehead atoms. The number of carbonyl (C=O) groups excluding carboxylic acids is 3. The molecular weight excluding hydrogens is 634 g/mol. The largest absolute Gasteiger partial charge is 0.394 e. The Morgan fingerprint density at radius 2 is 0.875 bits per heavy atom. The number of unbranched alkanes of at least 4 members (excludes halogenated alkanes) is 10. The third kappa shape index (κ3) is 19.3. The van der Waals surface area contributed by atoms with Crippen LogP contribution >= 0.6 is 0 Å². The van der Waals surface area contributed by atoms with Gasteiger partial charge in [-0.3, -0.25) is 14.4 Å². The van der Waals surface area contributed by atoms with Crippen molar-refractivity contribution in [2.45, 2.75) is 146 Å². The fourth-order valence-corrected chi connectivity index (χ4v) is 4.99. The lowest BCUT2D eigenvalue weighted by Crippen LogP contribution is -2.52. The lowest BCUT2D eigenvalue weighted by Gasteiger charge is -2.26. The van der Waals surface area contributed by atoms with E-state index < -0.39 is 73.9 Å². The van der Waals surface area contributed by atoms with Crippen molar-refractivity contribution in [1.82, 2.24) is 15.5 Å². The van der Waals surface area contributed by atoms with E-state index in [9.17, 15) is 55.2 Å². The van der Waals surface area contributed by atoms with E-state index in [1.165, 1.54) is 44.9 Å². The predicted molar refractivity (Wildman–Crippen MR) is 175 cm³/mol. The SMILES string of the molecule is CCCCCCCCCCCCCC(=O)N(CCCNC(=O)[C@H](O)[C@@H](O)[C@H](O)[C@H](O)CO)CCCNC(=O)[C@H](O)[C@@H](O)[C@H](O)[C@H](O)CO. The van der Waals surface area contributed by atoms with Gasteiger partial charge in [-0.1, -0.05) is 71.1 Å². The smallest absolute Gasteiger partial charge is 0.251 e. The van der Waals surface area contributed by atoms with Crippen molar-refractivity contribution in [3.8, 4) is 0 Å². The molecule has 284 valence electrons. The summed E-state index contributed by atoms with van der Waals surface area (Å²) in [5.41, 5.74) is 0. The van der Waals surface area contributed by atoms with Crippen molar-refractivity contribution in [2.75, 3.05) is 39.4 Å². The minimum Gasteiger partial charge on any atom is -0.394 e. The van der Waals surface area contributed by atoms with Crippen LogP contribution in [0.25, 0.3) is 0 Å². The standard InChI is InChI=1S/C32H63N3O13/c1-2-3-4-5-6-7-8-9-10-11-12-15-24(40)35(18-13-16-33-31(47)29(45)27(43)25(41)22(38)20-36)19-14-17-34-32(48)30(46)28(44)26(42)23(39)21-37/h22-23,25-30,36-39,41-46H,2-21H2,1H3,(H,33,47)(H,34,48)/t22-,23-,25-,26-,27+,28+,29-,30-/m1/s1. The number of rotatable bonds is 30. The molecule has 16 heteroatoms. The second kappa shape index (κ2) is 27.8. The first-order chi connectivity index (χ1) is 22.8. The molecule has 0 saturated heterocycles. The molecule has 3 amide bonds. The van der Waals surface area contributed by atoms with Gasteiger partial charge in [-0.05, 0) is 19.3 Å². The first-order valence-electron chi connectivity index (χ1n) is 17.3. The zero-order chi connectivity index (χ0) is 36.5. The summed E-state index contributed by atoms with van der Waals surface area (Å²) >= 11 is 0. The molecule has 12 N–H and O–H groups in total. The molecule has 8 atom stereocenters. The van der Waals surface area contributed by atoms with Gasteiger partial charge in [0.1, 0.15) is 36.6 Å². The lowest BCUT2D eigenvalue weighted by molar-refractivity contribution is -0.149. The van der Waals surface area contributed by atoms with E-state index in [0.717, 1.165) is 19.3 Å². The first kappa shape index (κ1) is 46.0. The molecule has 0 heterocycles. The zero-order valence-electron chi connectivity index (χ0n) is 28.4. The fraction of sp³-hybridized carbons (Fsp3) is 0.906.